The van der Waals surface area contributed by atoms with Crippen LogP contribution < -0.4 is 4.74 Å². The molecule has 1 aromatic carbocycles. The zero-order chi connectivity index (χ0) is 13.7. The molecule has 2 nitrogen and oxygen atoms in total. The van der Waals surface area contributed by atoms with E-state index >= 15 is 0 Å². The molecule has 0 aromatic heterocycles. The molecule has 1 aliphatic rings. The summed E-state index contributed by atoms with van der Waals surface area (Å²) in [7, 11) is 0. The average Bonchev–Trinajstić information content (AvgIpc) is 2.40. The number of hydrogen-bond acceptors (Lipinski definition) is 2. The van der Waals surface area contributed by atoms with Gasteiger partial charge >= 0.3 is 0 Å². The van der Waals surface area contributed by atoms with Gasteiger partial charge in [0.2, 0.25) is 0 Å². The highest BCUT2D eigenvalue weighted by Crippen LogP contribution is 2.23. The molecule has 1 aromatic rings. The molecule has 0 heterocycles. The predicted molar refractivity (Wildman–Crippen MR) is 78.6 cm³/mol. The highest BCUT2D eigenvalue weighted by atomic mass is 16.7. The van der Waals surface area contributed by atoms with Crippen LogP contribution in [0.25, 0.3) is 0 Å². The molecule has 0 N–H and O–H groups in total. The summed E-state index contributed by atoms with van der Waals surface area (Å²) in [6, 6.07) is 8.34. The van der Waals surface area contributed by atoms with Gasteiger partial charge in [0.05, 0.1) is 6.10 Å². The first-order valence-electron chi connectivity index (χ1n) is 7.57. The Morgan fingerprint density at radius 2 is 1.58 bits per heavy atom. The molecule has 1 saturated carbocycles. The molecule has 0 radical (unpaired) electrons. The van der Waals surface area contributed by atoms with Gasteiger partial charge in [0.15, 0.2) is 6.29 Å². The fourth-order valence-corrected chi connectivity index (χ4v) is 2.62. The Balaban J connectivity index is 1.82. The summed E-state index contributed by atoms with van der Waals surface area (Å²) >= 11 is 0. The van der Waals surface area contributed by atoms with Crippen LogP contribution in [0.2, 0.25) is 0 Å². The van der Waals surface area contributed by atoms with Crippen molar-refractivity contribution in [1.82, 2.24) is 0 Å². The SMILES string of the molecule is CC(Oc1ccc(C(C)C)cc1)OC1CCCCC1. The molecule has 2 rings (SSSR count). The Labute approximate surface area is 117 Å². The Morgan fingerprint density at radius 1 is 0.947 bits per heavy atom. The van der Waals surface area contributed by atoms with Gasteiger partial charge in [-0.15, -0.1) is 0 Å². The van der Waals surface area contributed by atoms with E-state index in [-0.39, 0.29) is 6.29 Å². The molecule has 106 valence electrons. The van der Waals surface area contributed by atoms with Crippen LogP contribution in [-0.2, 0) is 4.74 Å². The second kappa shape index (κ2) is 6.95. The summed E-state index contributed by atoms with van der Waals surface area (Å²) in [5.41, 5.74) is 1.34. The Kier molecular flexibility index (Phi) is 5.26. The summed E-state index contributed by atoms with van der Waals surface area (Å²) in [4.78, 5) is 0. The van der Waals surface area contributed by atoms with Crippen molar-refractivity contribution in [3.05, 3.63) is 29.8 Å². The van der Waals surface area contributed by atoms with Crippen LogP contribution in [0.1, 0.15) is 64.4 Å². The third-order valence-electron chi connectivity index (χ3n) is 3.79. The van der Waals surface area contributed by atoms with E-state index in [4.69, 9.17) is 9.47 Å². The van der Waals surface area contributed by atoms with E-state index in [1.54, 1.807) is 0 Å². The zero-order valence-corrected chi connectivity index (χ0v) is 12.4. The summed E-state index contributed by atoms with van der Waals surface area (Å²) in [6.45, 7) is 6.39. The van der Waals surface area contributed by atoms with Gasteiger partial charge < -0.3 is 9.47 Å². The molecule has 0 saturated heterocycles. The quantitative estimate of drug-likeness (QED) is 0.704. The fraction of sp³-hybridized carbons (Fsp3) is 0.647. The van der Waals surface area contributed by atoms with Crippen molar-refractivity contribution >= 4 is 0 Å². The number of benzene rings is 1. The van der Waals surface area contributed by atoms with Crippen LogP contribution in [0, 0.1) is 0 Å². The monoisotopic (exact) mass is 262 g/mol. The van der Waals surface area contributed by atoms with Crippen molar-refractivity contribution in [3.8, 4) is 5.75 Å². The van der Waals surface area contributed by atoms with Gasteiger partial charge in [-0.05, 0) is 43.4 Å². The van der Waals surface area contributed by atoms with Crippen molar-refractivity contribution < 1.29 is 9.47 Å². The van der Waals surface area contributed by atoms with Gasteiger partial charge in [0, 0.05) is 0 Å². The van der Waals surface area contributed by atoms with Gasteiger partial charge in [0.1, 0.15) is 5.75 Å². The van der Waals surface area contributed by atoms with Crippen molar-refractivity contribution in [2.24, 2.45) is 0 Å². The molecule has 1 unspecified atom stereocenters. The average molecular weight is 262 g/mol. The lowest BCUT2D eigenvalue weighted by Crippen LogP contribution is -2.26. The van der Waals surface area contributed by atoms with E-state index < -0.39 is 0 Å². The molecule has 0 bridgehead atoms. The Morgan fingerprint density at radius 3 is 2.16 bits per heavy atom. The van der Waals surface area contributed by atoms with Crippen LogP contribution in [0.4, 0.5) is 0 Å². The lowest BCUT2D eigenvalue weighted by Gasteiger charge is -2.26. The number of rotatable bonds is 5. The van der Waals surface area contributed by atoms with Crippen LogP contribution in [0.3, 0.4) is 0 Å². The highest BCUT2D eigenvalue weighted by Gasteiger charge is 2.17. The minimum absolute atomic E-state index is 0.159. The minimum atomic E-state index is -0.159. The standard InChI is InChI=1S/C17H26O2/c1-13(2)15-9-11-17(12-10-15)19-14(3)18-16-7-5-4-6-8-16/h9-14,16H,4-8H2,1-3H3. The molecular weight excluding hydrogens is 236 g/mol. The van der Waals surface area contributed by atoms with Gasteiger partial charge in [0.25, 0.3) is 0 Å². The van der Waals surface area contributed by atoms with Gasteiger partial charge in [-0.25, -0.2) is 0 Å². The summed E-state index contributed by atoms with van der Waals surface area (Å²) in [6.07, 6.45) is 6.53. The van der Waals surface area contributed by atoms with Crippen molar-refractivity contribution in [3.63, 3.8) is 0 Å². The van der Waals surface area contributed by atoms with E-state index in [9.17, 15) is 0 Å². The summed E-state index contributed by atoms with van der Waals surface area (Å²) < 4.78 is 11.8. The molecule has 0 amide bonds. The van der Waals surface area contributed by atoms with E-state index in [0.29, 0.717) is 12.0 Å². The first kappa shape index (κ1) is 14.4. The minimum Gasteiger partial charge on any atom is -0.465 e. The van der Waals surface area contributed by atoms with Crippen LogP contribution in [-0.4, -0.2) is 12.4 Å². The van der Waals surface area contributed by atoms with E-state index in [0.717, 1.165) is 5.75 Å². The molecular formula is C17H26O2. The number of hydrogen-bond donors (Lipinski definition) is 0. The Hall–Kier alpha value is -1.02. The molecule has 1 aliphatic carbocycles. The van der Waals surface area contributed by atoms with E-state index in [1.165, 1.54) is 37.7 Å². The third-order valence-corrected chi connectivity index (χ3v) is 3.79. The van der Waals surface area contributed by atoms with Crippen molar-refractivity contribution in [1.29, 1.82) is 0 Å². The van der Waals surface area contributed by atoms with Gasteiger partial charge in [-0.3, -0.25) is 0 Å². The maximum Gasteiger partial charge on any atom is 0.197 e. The highest BCUT2D eigenvalue weighted by molar-refractivity contribution is 5.28. The summed E-state index contributed by atoms with van der Waals surface area (Å²) in [5, 5.41) is 0. The lowest BCUT2D eigenvalue weighted by molar-refractivity contribution is -0.116. The molecule has 1 fully saturated rings. The molecule has 1 atom stereocenters. The lowest BCUT2D eigenvalue weighted by atomic mass is 9.98. The first-order valence-corrected chi connectivity index (χ1v) is 7.57. The van der Waals surface area contributed by atoms with Crippen molar-refractivity contribution in [2.45, 2.75) is 71.2 Å². The molecule has 0 aliphatic heterocycles. The van der Waals surface area contributed by atoms with Crippen LogP contribution >= 0.6 is 0 Å². The Bertz CT molecular complexity index is 363. The summed E-state index contributed by atoms with van der Waals surface area (Å²) in [5.74, 6) is 1.46. The normalized spacial score (nSPS) is 18.5. The van der Waals surface area contributed by atoms with E-state index in [1.807, 2.05) is 19.1 Å². The second-order valence-electron chi connectivity index (χ2n) is 5.81. The van der Waals surface area contributed by atoms with Crippen LogP contribution in [0.15, 0.2) is 24.3 Å². The second-order valence-corrected chi connectivity index (χ2v) is 5.81. The zero-order valence-electron chi connectivity index (χ0n) is 12.4. The smallest absolute Gasteiger partial charge is 0.197 e. The van der Waals surface area contributed by atoms with Gasteiger partial charge in [-0.2, -0.15) is 0 Å². The number of ether oxygens (including phenoxy) is 2. The first-order chi connectivity index (χ1) is 9.15. The van der Waals surface area contributed by atoms with Crippen molar-refractivity contribution in [2.75, 3.05) is 0 Å². The third kappa shape index (κ3) is 4.54. The topological polar surface area (TPSA) is 18.5 Å². The molecule has 19 heavy (non-hydrogen) atoms. The predicted octanol–water partition coefficient (Wildman–Crippen LogP) is 4.88. The maximum absolute atomic E-state index is 5.95. The van der Waals surface area contributed by atoms with Gasteiger partial charge in [-0.1, -0.05) is 45.2 Å². The van der Waals surface area contributed by atoms with E-state index in [2.05, 4.69) is 26.0 Å². The van der Waals surface area contributed by atoms with Crippen LogP contribution in [0.5, 0.6) is 5.75 Å². The molecule has 0 spiro atoms. The maximum atomic E-state index is 5.95. The largest absolute Gasteiger partial charge is 0.465 e. The molecule has 2 heteroatoms. The fourth-order valence-electron chi connectivity index (χ4n) is 2.62.